The van der Waals surface area contributed by atoms with Crippen LogP contribution in [0.1, 0.15) is 55.9 Å². The number of nitrogens with one attached hydrogen (secondary N) is 3. The highest BCUT2D eigenvalue weighted by atomic mass is 32.1. The van der Waals surface area contributed by atoms with Gasteiger partial charge in [0.05, 0.1) is 17.9 Å². The highest BCUT2D eigenvalue weighted by molar-refractivity contribution is 7.10. The molecule has 5 N–H and O–H groups in total. The van der Waals surface area contributed by atoms with Gasteiger partial charge in [-0.15, -0.1) is 11.3 Å². The molecule has 4 amide bonds. The van der Waals surface area contributed by atoms with Crippen LogP contribution in [0.25, 0.3) is 0 Å². The van der Waals surface area contributed by atoms with Crippen molar-refractivity contribution in [2.24, 2.45) is 28.9 Å². The molecule has 0 aromatic carbocycles. The molecule has 0 aliphatic heterocycles. The second kappa shape index (κ2) is 7.14. The first-order chi connectivity index (χ1) is 12.9. The summed E-state index contributed by atoms with van der Waals surface area (Å²) in [4.78, 5) is 37.3. The Bertz CT molecular complexity index is 698. The van der Waals surface area contributed by atoms with Gasteiger partial charge in [-0.1, -0.05) is 6.07 Å². The number of carbonyl (C=O) groups is 3. The Morgan fingerprint density at radius 2 is 1.74 bits per heavy atom. The Balaban J connectivity index is 1.33. The predicted molar refractivity (Wildman–Crippen MR) is 101 cm³/mol. The molecule has 4 saturated carbocycles. The SMILES string of the molecule is NC(=O)NC(CC(=O)NNC(=O)C12CC3CC(CC(C3)C1)C2)c1cccs1. The molecule has 4 bridgehead atoms. The van der Waals surface area contributed by atoms with Gasteiger partial charge in [-0.2, -0.15) is 0 Å². The van der Waals surface area contributed by atoms with E-state index in [2.05, 4.69) is 16.2 Å². The molecule has 4 fully saturated rings. The molecule has 5 rings (SSSR count). The molecule has 7 nitrogen and oxygen atoms in total. The molecule has 1 unspecified atom stereocenters. The van der Waals surface area contributed by atoms with Crippen LogP contribution in [0.3, 0.4) is 0 Å². The summed E-state index contributed by atoms with van der Waals surface area (Å²) in [6.45, 7) is 0. The van der Waals surface area contributed by atoms with Crippen LogP contribution in [-0.2, 0) is 9.59 Å². The molecule has 0 spiro atoms. The number of primary amides is 1. The van der Waals surface area contributed by atoms with E-state index in [9.17, 15) is 14.4 Å². The summed E-state index contributed by atoms with van der Waals surface area (Å²) in [5, 5.41) is 4.46. The van der Waals surface area contributed by atoms with Crippen molar-refractivity contribution in [2.75, 3.05) is 0 Å². The summed E-state index contributed by atoms with van der Waals surface area (Å²) in [6, 6.07) is 2.51. The zero-order valence-corrected chi connectivity index (χ0v) is 16.0. The highest BCUT2D eigenvalue weighted by Gasteiger charge is 2.54. The van der Waals surface area contributed by atoms with Gasteiger partial charge in [-0.3, -0.25) is 20.4 Å². The van der Waals surface area contributed by atoms with Gasteiger partial charge < -0.3 is 11.1 Å². The first-order valence-electron chi connectivity index (χ1n) is 9.62. The average molecular weight is 391 g/mol. The van der Waals surface area contributed by atoms with Crippen LogP contribution < -0.4 is 21.9 Å². The van der Waals surface area contributed by atoms with Gasteiger partial charge in [-0.25, -0.2) is 4.79 Å². The van der Waals surface area contributed by atoms with E-state index >= 15 is 0 Å². The summed E-state index contributed by atoms with van der Waals surface area (Å²) in [6.07, 6.45) is 6.65. The van der Waals surface area contributed by atoms with E-state index in [0.29, 0.717) is 17.8 Å². The third-order valence-corrected chi connectivity index (χ3v) is 7.41. The van der Waals surface area contributed by atoms with Gasteiger partial charge >= 0.3 is 6.03 Å². The van der Waals surface area contributed by atoms with E-state index in [4.69, 9.17) is 5.73 Å². The Labute approximate surface area is 162 Å². The molecule has 0 saturated heterocycles. The van der Waals surface area contributed by atoms with Crippen LogP contribution in [0.5, 0.6) is 0 Å². The topological polar surface area (TPSA) is 113 Å². The van der Waals surface area contributed by atoms with Crippen molar-refractivity contribution in [2.45, 2.75) is 51.0 Å². The molecule has 4 aliphatic carbocycles. The van der Waals surface area contributed by atoms with Crippen LogP contribution in [0.2, 0.25) is 0 Å². The van der Waals surface area contributed by atoms with Gasteiger partial charge in [-0.05, 0) is 67.7 Å². The van der Waals surface area contributed by atoms with Crippen LogP contribution in [0.15, 0.2) is 17.5 Å². The fraction of sp³-hybridized carbons (Fsp3) is 0.632. The first kappa shape index (κ1) is 18.3. The van der Waals surface area contributed by atoms with E-state index in [1.165, 1.54) is 30.6 Å². The second-order valence-electron chi connectivity index (χ2n) is 8.48. The maximum absolute atomic E-state index is 12.9. The molecule has 1 heterocycles. The van der Waals surface area contributed by atoms with Crippen molar-refractivity contribution in [3.8, 4) is 0 Å². The van der Waals surface area contributed by atoms with E-state index in [0.717, 1.165) is 24.1 Å². The van der Waals surface area contributed by atoms with Gasteiger partial charge in [0.25, 0.3) is 0 Å². The zero-order chi connectivity index (χ0) is 19.0. The average Bonchev–Trinajstić information content (AvgIpc) is 3.12. The quantitative estimate of drug-likeness (QED) is 0.578. The summed E-state index contributed by atoms with van der Waals surface area (Å²) >= 11 is 1.44. The predicted octanol–water partition coefficient (Wildman–Crippen LogP) is 2.21. The third kappa shape index (κ3) is 3.81. The lowest BCUT2D eigenvalue weighted by molar-refractivity contribution is -0.149. The lowest BCUT2D eigenvalue weighted by atomic mass is 9.49. The molecule has 27 heavy (non-hydrogen) atoms. The minimum Gasteiger partial charge on any atom is -0.352 e. The smallest absolute Gasteiger partial charge is 0.312 e. The Kier molecular flexibility index (Phi) is 4.84. The van der Waals surface area contributed by atoms with Crippen molar-refractivity contribution in [1.29, 1.82) is 0 Å². The minimum absolute atomic E-state index is 0.0185. The highest BCUT2D eigenvalue weighted by Crippen LogP contribution is 2.60. The Morgan fingerprint density at radius 1 is 1.11 bits per heavy atom. The largest absolute Gasteiger partial charge is 0.352 e. The number of rotatable bonds is 5. The van der Waals surface area contributed by atoms with Gasteiger partial charge in [0.1, 0.15) is 0 Å². The molecular formula is C19H26N4O3S. The fourth-order valence-electron chi connectivity index (χ4n) is 5.77. The number of thiophene rings is 1. The second-order valence-corrected chi connectivity index (χ2v) is 9.46. The van der Waals surface area contributed by atoms with Crippen molar-refractivity contribution < 1.29 is 14.4 Å². The number of amides is 4. The fourth-order valence-corrected chi connectivity index (χ4v) is 6.55. The summed E-state index contributed by atoms with van der Waals surface area (Å²) < 4.78 is 0. The van der Waals surface area contributed by atoms with E-state index in [1.54, 1.807) is 0 Å². The maximum atomic E-state index is 12.9. The molecule has 0 radical (unpaired) electrons. The normalized spacial score (nSPS) is 31.9. The lowest BCUT2D eigenvalue weighted by Gasteiger charge is -2.55. The Hall–Kier alpha value is -2.09. The molecule has 4 aliphatic rings. The van der Waals surface area contributed by atoms with Gasteiger partial charge in [0.2, 0.25) is 11.8 Å². The first-order valence-corrected chi connectivity index (χ1v) is 10.5. The van der Waals surface area contributed by atoms with Crippen molar-refractivity contribution >= 4 is 29.2 Å². The van der Waals surface area contributed by atoms with Crippen LogP contribution in [-0.4, -0.2) is 17.8 Å². The molecule has 8 heteroatoms. The summed E-state index contributed by atoms with van der Waals surface area (Å²) in [5.41, 5.74) is 10.1. The molecule has 1 aromatic rings. The third-order valence-electron chi connectivity index (χ3n) is 6.43. The van der Waals surface area contributed by atoms with Crippen LogP contribution >= 0.6 is 11.3 Å². The molecular weight excluding hydrogens is 364 g/mol. The number of carbonyl (C=O) groups excluding carboxylic acids is 3. The number of nitrogens with two attached hydrogens (primary N) is 1. The van der Waals surface area contributed by atoms with Crippen LogP contribution in [0, 0.1) is 23.2 Å². The number of hydrazine groups is 1. The molecule has 146 valence electrons. The summed E-state index contributed by atoms with van der Waals surface area (Å²) in [5.74, 6) is 1.60. The zero-order valence-electron chi connectivity index (χ0n) is 15.2. The minimum atomic E-state index is -0.682. The monoisotopic (exact) mass is 390 g/mol. The molecule has 1 atom stereocenters. The standard InChI is InChI=1S/C19H26N4O3S/c20-18(26)21-14(15-2-1-3-27-15)7-16(24)22-23-17(25)19-8-11-4-12(9-19)6-13(5-11)10-19/h1-3,11-14H,4-10H2,(H,22,24)(H,23,25)(H3,20,21,26). The van der Waals surface area contributed by atoms with Crippen molar-refractivity contribution in [1.82, 2.24) is 16.2 Å². The number of hydrogen-bond donors (Lipinski definition) is 4. The van der Waals surface area contributed by atoms with Gasteiger partial charge in [0, 0.05) is 4.88 Å². The van der Waals surface area contributed by atoms with Crippen LogP contribution in [0.4, 0.5) is 4.79 Å². The van der Waals surface area contributed by atoms with E-state index < -0.39 is 12.1 Å². The number of urea groups is 1. The van der Waals surface area contributed by atoms with E-state index in [-0.39, 0.29) is 23.7 Å². The summed E-state index contributed by atoms with van der Waals surface area (Å²) in [7, 11) is 0. The lowest BCUT2D eigenvalue weighted by Crippen LogP contribution is -2.56. The maximum Gasteiger partial charge on any atom is 0.312 e. The van der Waals surface area contributed by atoms with Gasteiger partial charge in [0.15, 0.2) is 0 Å². The molecule has 1 aromatic heterocycles. The van der Waals surface area contributed by atoms with Crippen molar-refractivity contribution in [3.63, 3.8) is 0 Å². The Morgan fingerprint density at radius 3 is 2.26 bits per heavy atom. The van der Waals surface area contributed by atoms with Crippen molar-refractivity contribution in [3.05, 3.63) is 22.4 Å². The van der Waals surface area contributed by atoms with E-state index in [1.807, 2.05) is 17.5 Å². The number of hydrogen-bond acceptors (Lipinski definition) is 4.